The highest BCUT2D eigenvalue weighted by Crippen LogP contribution is 2.22. The summed E-state index contributed by atoms with van der Waals surface area (Å²) >= 11 is 5.70. The summed E-state index contributed by atoms with van der Waals surface area (Å²) in [5.41, 5.74) is 2.18. The zero-order valence-corrected chi connectivity index (χ0v) is 13.9. The lowest BCUT2D eigenvalue weighted by molar-refractivity contribution is 0.182. The van der Waals surface area contributed by atoms with Crippen LogP contribution in [0.2, 0.25) is 5.02 Å². The van der Waals surface area contributed by atoms with E-state index in [-0.39, 0.29) is 10.8 Å². The van der Waals surface area contributed by atoms with Gasteiger partial charge in [0, 0.05) is 18.8 Å². The van der Waals surface area contributed by atoms with Crippen LogP contribution in [0.25, 0.3) is 0 Å². The van der Waals surface area contributed by atoms with Gasteiger partial charge in [0.15, 0.2) is 0 Å². The number of halogens is 2. The second-order valence-electron chi connectivity index (χ2n) is 6.21. The molecule has 0 aromatic heterocycles. The quantitative estimate of drug-likeness (QED) is 0.845. The summed E-state index contributed by atoms with van der Waals surface area (Å²) < 4.78 is 13.4. The molecule has 1 heterocycles. The highest BCUT2D eigenvalue weighted by molar-refractivity contribution is 6.30. The molecule has 4 heteroatoms. The summed E-state index contributed by atoms with van der Waals surface area (Å²) in [5, 5.41) is 3.50. The number of anilines is 1. The maximum absolute atomic E-state index is 13.4. The summed E-state index contributed by atoms with van der Waals surface area (Å²) in [6.45, 7) is 4.16. The van der Waals surface area contributed by atoms with E-state index in [9.17, 15) is 4.39 Å². The molecule has 1 saturated heterocycles. The zero-order valence-electron chi connectivity index (χ0n) is 13.1. The van der Waals surface area contributed by atoms with E-state index in [4.69, 9.17) is 11.6 Å². The van der Waals surface area contributed by atoms with Crippen molar-refractivity contribution in [2.24, 2.45) is 5.92 Å². The van der Waals surface area contributed by atoms with Crippen molar-refractivity contribution in [3.05, 3.63) is 64.9 Å². The van der Waals surface area contributed by atoms with Gasteiger partial charge in [-0.1, -0.05) is 41.9 Å². The standard InChI is InChI=1S/C19H22ClFN2/c20-18-7-6-17(12-19(18)21)22-13-15-8-10-23(11-9-15)14-16-4-2-1-3-5-16/h1-7,12,15,22H,8-11,13-14H2. The smallest absolute Gasteiger partial charge is 0.143 e. The Morgan fingerprint density at radius 1 is 1.09 bits per heavy atom. The second-order valence-corrected chi connectivity index (χ2v) is 6.62. The number of rotatable bonds is 5. The highest BCUT2D eigenvalue weighted by atomic mass is 35.5. The molecule has 1 N–H and O–H groups in total. The van der Waals surface area contributed by atoms with Crippen LogP contribution in [0.1, 0.15) is 18.4 Å². The number of piperidine rings is 1. The summed E-state index contributed by atoms with van der Waals surface area (Å²) in [6.07, 6.45) is 2.35. The van der Waals surface area contributed by atoms with Crippen molar-refractivity contribution in [2.75, 3.05) is 25.0 Å². The first-order valence-corrected chi connectivity index (χ1v) is 8.54. The van der Waals surface area contributed by atoms with Crippen LogP contribution in [0.3, 0.4) is 0 Å². The number of likely N-dealkylation sites (tertiary alicyclic amines) is 1. The Kier molecular flexibility index (Phi) is 5.52. The second kappa shape index (κ2) is 7.80. The van der Waals surface area contributed by atoms with Crippen LogP contribution >= 0.6 is 11.6 Å². The summed E-state index contributed by atoms with van der Waals surface area (Å²) in [5.74, 6) is 0.273. The molecule has 0 aliphatic carbocycles. The third kappa shape index (κ3) is 4.69. The first-order valence-electron chi connectivity index (χ1n) is 8.16. The lowest BCUT2D eigenvalue weighted by Gasteiger charge is -2.32. The van der Waals surface area contributed by atoms with Crippen LogP contribution in [0, 0.1) is 11.7 Å². The zero-order chi connectivity index (χ0) is 16.1. The van der Waals surface area contributed by atoms with E-state index in [2.05, 4.69) is 40.5 Å². The lowest BCUT2D eigenvalue weighted by atomic mass is 9.96. The molecule has 0 bridgehead atoms. The molecular formula is C19H22ClFN2. The van der Waals surface area contributed by atoms with Gasteiger partial charge in [-0.15, -0.1) is 0 Å². The minimum absolute atomic E-state index is 0.171. The highest BCUT2D eigenvalue weighted by Gasteiger charge is 2.19. The monoisotopic (exact) mass is 332 g/mol. The Balaban J connectivity index is 1.43. The fourth-order valence-electron chi connectivity index (χ4n) is 3.06. The Morgan fingerprint density at radius 3 is 2.52 bits per heavy atom. The molecule has 0 saturated carbocycles. The number of hydrogen-bond acceptors (Lipinski definition) is 2. The maximum Gasteiger partial charge on any atom is 0.143 e. The van der Waals surface area contributed by atoms with Gasteiger partial charge >= 0.3 is 0 Å². The Morgan fingerprint density at radius 2 is 1.83 bits per heavy atom. The third-order valence-electron chi connectivity index (χ3n) is 4.47. The Hall–Kier alpha value is -1.58. The van der Waals surface area contributed by atoms with Gasteiger partial charge < -0.3 is 5.32 Å². The molecule has 0 unspecified atom stereocenters. The molecule has 1 aliphatic heterocycles. The van der Waals surface area contributed by atoms with E-state index in [1.54, 1.807) is 6.07 Å². The van der Waals surface area contributed by atoms with Crippen molar-refractivity contribution in [1.29, 1.82) is 0 Å². The van der Waals surface area contributed by atoms with Crippen molar-refractivity contribution < 1.29 is 4.39 Å². The maximum atomic E-state index is 13.4. The molecule has 2 nitrogen and oxygen atoms in total. The topological polar surface area (TPSA) is 15.3 Å². The normalized spacial score (nSPS) is 16.4. The van der Waals surface area contributed by atoms with Gasteiger partial charge in [0.2, 0.25) is 0 Å². The Bertz CT molecular complexity index is 625. The molecule has 0 spiro atoms. The van der Waals surface area contributed by atoms with Crippen LogP contribution in [0.15, 0.2) is 48.5 Å². The minimum atomic E-state index is -0.366. The average Bonchev–Trinajstić information content (AvgIpc) is 2.58. The van der Waals surface area contributed by atoms with Crippen molar-refractivity contribution in [3.8, 4) is 0 Å². The molecule has 0 atom stereocenters. The van der Waals surface area contributed by atoms with Crippen molar-refractivity contribution >= 4 is 17.3 Å². The van der Waals surface area contributed by atoms with Gasteiger partial charge in [-0.25, -0.2) is 4.39 Å². The molecule has 2 aromatic rings. The number of hydrogen-bond donors (Lipinski definition) is 1. The van der Waals surface area contributed by atoms with Gasteiger partial charge in [-0.2, -0.15) is 0 Å². The fourth-order valence-corrected chi connectivity index (χ4v) is 3.18. The van der Waals surface area contributed by atoms with Crippen molar-refractivity contribution in [2.45, 2.75) is 19.4 Å². The number of benzene rings is 2. The predicted molar refractivity (Wildman–Crippen MR) is 94.3 cm³/mol. The molecule has 0 amide bonds. The van der Waals surface area contributed by atoms with E-state index in [1.807, 2.05) is 6.07 Å². The van der Waals surface area contributed by atoms with Crippen molar-refractivity contribution in [3.63, 3.8) is 0 Å². The van der Waals surface area contributed by atoms with E-state index in [1.165, 1.54) is 24.5 Å². The van der Waals surface area contributed by atoms with E-state index in [0.717, 1.165) is 31.9 Å². The van der Waals surface area contributed by atoms with E-state index >= 15 is 0 Å². The van der Waals surface area contributed by atoms with E-state index in [0.29, 0.717) is 5.92 Å². The molecule has 23 heavy (non-hydrogen) atoms. The predicted octanol–water partition coefficient (Wildman–Crippen LogP) is 4.80. The van der Waals surface area contributed by atoms with Crippen LogP contribution in [-0.2, 0) is 6.54 Å². The van der Waals surface area contributed by atoms with Gasteiger partial charge in [0.25, 0.3) is 0 Å². The van der Waals surface area contributed by atoms with Crippen LogP contribution in [-0.4, -0.2) is 24.5 Å². The van der Waals surface area contributed by atoms with Gasteiger partial charge in [-0.05, 0) is 55.6 Å². The van der Waals surface area contributed by atoms with Crippen LogP contribution in [0.4, 0.5) is 10.1 Å². The fraction of sp³-hybridized carbons (Fsp3) is 0.368. The van der Waals surface area contributed by atoms with Crippen LogP contribution in [0.5, 0.6) is 0 Å². The first kappa shape index (κ1) is 16.3. The largest absolute Gasteiger partial charge is 0.385 e. The van der Waals surface area contributed by atoms with Gasteiger partial charge in [-0.3, -0.25) is 4.90 Å². The summed E-state index contributed by atoms with van der Waals surface area (Å²) in [4.78, 5) is 2.51. The van der Waals surface area contributed by atoms with Crippen molar-refractivity contribution in [1.82, 2.24) is 4.90 Å². The molecule has 2 aromatic carbocycles. The molecule has 122 valence electrons. The number of nitrogens with one attached hydrogen (secondary N) is 1. The SMILES string of the molecule is Fc1cc(NCC2CCN(Cc3ccccc3)CC2)ccc1Cl. The molecular weight excluding hydrogens is 311 g/mol. The van der Waals surface area contributed by atoms with E-state index < -0.39 is 0 Å². The van der Waals surface area contributed by atoms with Gasteiger partial charge in [0.05, 0.1) is 5.02 Å². The van der Waals surface area contributed by atoms with Gasteiger partial charge in [0.1, 0.15) is 5.82 Å². The van der Waals surface area contributed by atoms with Crippen LogP contribution < -0.4 is 5.32 Å². The summed E-state index contributed by atoms with van der Waals surface area (Å²) in [6, 6.07) is 15.5. The molecule has 1 fully saturated rings. The Labute approximate surface area is 142 Å². The number of nitrogens with zero attached hydrogens (tertiary/aromatic N) is 1. The average molecular weight is 333 g/mol. The molecule has 1 aliphatic rings. The third-order valence-corrected chi connectivity index (χ3v) is 4.78. The first-order chi connectivity index (χ1) is 11.2. The molecule has 3 rings (SSSR count). The molecule has 0 radical (unpaired) electrons. The lowest BCUT2D eigenvalue weighted by Crippen LogP contribution is -2.35. The minimum Gasteiger partial charge on any atom is -0.385 e. The summed E-state index contributed by atoms with van der Waals surface area (Å²) in [7, 11) is 0.